The quantitative estimate of drug-likeness (QED) is 0.0940. The minimum Gasteiger partial charge on any atom is -0.383 e. The summed E-state index contributed by atoms with van der Waals surface area (Å²) in [6.07, 6.45) is -5.83. The average molecular weight is 771 g/mol. The molecule has 0 spiro atoms. The van der Waals surface area contributed by atoms with Gasteiger partial charge >= 0.3 is 6.18 Å². The van der Waals surface area contributed by atoms with Crippen LogP contribution in [0.1, 0.15) is 63.9 Å². The van der Waals surface area contributed by atoms with Crippen molar-refractivity contribution in [3.8, 4) is 11.1 Å². The number of pyridine rings is 1. The maximum absolute atomic E-state index is 15.6. The number of thioether (sulfide) groups is 1. The molecule has 278 valence electrons. The van der Waals surface area contributed by atoms with E-state index in [2.05, 4.69) is 0 Å². The average Bonchev–Trinajstić information content (AvgIpc) is 3.30. The summed E-state index contributed by atoms with van der Waals surface area (Å²) in [5.41, 5.74) is -13.3. The summed E-state index contributed by atoms with van der Waals surface area (Å²) in [6, 6.07) is -20.2. The highest BCUT2D eigenvalue weighted by atomic mass is 32.2. The van der Waals surface area contributed by atoms with Gasteiger partial charge in [0.15, 0.2) is 17.1 Å². The second-order valence-corrected chi connectivity index (χ2v) is 12.2. The van der Waals surface area contributed by atoms with Gasteiger partial charge in [-0.15, -0.1) is 11.8 Å². The Kier molecular flexibility index (Phi) is 6.19. The van der Waals surface area contributed by atoms with Crippen molar-refractivity contribution in [2.24, 2.45) is 0 Å². The molecule has 0 saturated carbocycles. The van der Waals surface area contributed by atoms with Crippen LogP contribution in [0.5, 0.6) is 0 Å². The van der Waals surface area contributed by atoms with Crippen molar-refractivity contribution in [3.63, 3.8) is 0 Å². The van der Waals surface area contributed by atoms with E-state index < -0.39 is 200 Å². The summed E-state index contributed by atoms with van der Waals surface area (Å²) in [6.45, 7) is -7.17. The van der Waals surface area contributed by atoms with E-state index >= 15 is 9.18 Å². The zero-order valence-electron chi connectivity index (χ0n) is 48.7. The van der Waals surface area contributed by atoms with Crippen LogP contribution in [0.4, 0.5) is 22.0 Å². The van der Waals surface area contributed by atoms with Gasteiger partial charge in [-0.25, -0.2) is 8.78 Å². The Labute approximate surface area is 338 Å². The third kappa shape index (κ3) is 9.00. The number of nitrogens with zero attached hydrogens (tertiary/aromatic N) is 3. The van der Waals surface area contributed by atoms with Crippen LogP contribution >= 0.6 is 11.8 Å². The van der Waals surface area contributed by atoms with Gasteiger partial charge in [-0.2, -0.15) is 13.2 Å². The van der Waals surface area contributed by atoms with Gasteiger partial charge in [0.05, 0.1) is 48.7 Å². The first-order valence-electron chi connectivity index (χ1n) is 26.1. The zero-order valence-corrected chi connectivity index (χ0v) is 28.5. The summed E-state index contributed by atoms with van der Waals surface area (Å²) in [4.78, 5) is 31.2. The third-order valence-electron chi connectivity index (χ3n) is 7.96. The lowest BCUT2D eigenvalue weighted by Gasteiger charge is -2.39. The van der Waals surface area contributed by atoms with Gasteiger partial charge in [0.1, 0.15) is 6.54 Å². The number of alkyl halides is 3. The smallest absolute Gasteiger partial charge is 0.383 e. The van der Waals surface area contributed by atoms with Gasteiger partial charge in [-0.3, -0.25) is 9.59 Å². The molecular weight excluding hydrogens is 710 g/mol. The Bertz CT molecular complexity index is 3160. The van der Waals surface area contributed by atoms with Crippen LogP contribution in [0.15, 0.2) is 100 Å². The fourth-order valence-electron chi connectivity index (χ4n) is 5.35. The number of hydrogen-bond acceptors (Lipinski definition) is 5. The number of methoxy groups -OCH3 is 1. The highest BCUT2D eigenvalue weighted by Crippen LogP contribution is 2.34. The summed E-state index contributed by atoms with van der Waals surface area (Å²) in [5.74, 6) is -5.75. The summed E-state index contributed by atoms with van der Waals surface area (Å²) in [7, 11) is 1.09. The zero-order chi connectivity index (χ0) is 56.1. The van der Waals surface area contributed by atoms with Crippen molar-refractivity contribution in [2.45, 2.75) is 55.8 Å². The summed E-state index contributed by atoms with van der Waals surface area (Å²) < 4.78 is 259. The number of amides is 1. The molecule has 1 fully saturated rings. The first-order chi connectivity index (χ1) is 33.9. The molecule has 4 aromatic carbocycles. The van der Waals surface area contributed by atoms with Crippen LogP contribution in [-0.4, -0.2) is 59.6 Å². The van der Waals surface area contributed by atoms with E-state index in [1.54, 1.807) is 0 Å². The molecule has 0 unspecified atom stereocenters. The topological polar surface area (TPSA) is 54.8 Å². The van der Waals surface area contributed by atoms with Gasteiger partial charge < -0.3 is 19.1 Å². The van der Waals surface area contributed by atoms with Gasteiger partial charge in [0.2, 0.25) is 5.91 Å². The Balaban J connectivity index is 1.63. The van der Waals surface area contributed by atoms with Crippen molar-refractivity contribution >= 4 is 28.6 Å². The largest absolute Gasteiger partial charge is 0.416 e. The molecule has 0 atom stereocenters. The molecule has 0 radical (unpaired) electrons. The molecule has 2 heterocycles. The molecule has 6 rings (SSSR count). The van der Waals surface area contributed by atoms with E-state index in [1.165, 1.54) is 4.90 Å². The van der Waals surface area contributed by atoms with E-state index in [0.717, 1.165) is 14.0 Å². The molecule has 0 aliphatic carbocycles. The van der Waals surface area contributed by atoms with Crippen LogP contribution in [0.3, 0.4) is 0 Å². The molecule has 1 amide bonds. The fourth-order valence-corrected chi connectivity index (χ4v) is 6.10. The van der Waals surface area contributed by atoms with E-state index in [-0.39, 0.29) is 44.2 Å². The number of fused-ring (bicyclic) bond motifs is 1. The minimum absolute atomic E-state index is 0.137. The number of halogens is 5. The molecule has 1 aromatic heterocycles. The van der Waals surface area contributed by atoms with E-state index in [1.807, 2.05) is 0 Å². The van der Waals surface area contributed by atoms with E-state index in [0.29, 0.717) is 9.47 Å². The summed E-state index contributed by atoms with van der Waals surface area (Å²) >= 11 is -0.377. The van der Waals surface area contributed by atoms with Crippen molar-refractivity contribution < 1.29 is 60.3 Å². The highest BCUT2D eigenvalue weighted by molar-refractivity contribution is 7.98. The first kappa shape index (κ1) is 19.7. The fraction of sp³-hybridized carbons (Fsp3) is 0.317. The van der Waals surface area contributed by atoms with Crippen molar-refractivity contribution in [3.05, 3.63) is 135 Å². The number of benzene rings is 4. The summed E-state index contributed by atoms with van der Waals surface area (Å²) in [5, 5.41) is -2.07. The maximum Gasteiger partial charge on any atom is 0.416 e. The lowest BCUT2D eigenvalue weighted by atomic mass is 9.98. The third-order valence-corrected chi connectivity index (χ3v) is 8.78. The van der Waals surface area contributed by atoms with Gasteiger partial charge in [0.25, 0.3) is 0 Å². The predicted octanol–water partition coefficient (Wildman–Crippen LogP) is 8.71. The van der Waals surface area contributed by atoms with Crippen LogP contribution in [-0.2, 0) is 34.5 Å². The molecule has 1 aliphatic heterocycles. The Hall–Kier alpha value is -4.52. The van der Waals surface area contributed by atoms with Crippen molar-refractivity contribution in [1.82, 2.24) is 14.4 Å². The van der Waals surface area contributed by atoms with Crippen LogP contribution in [0.25, 0.3) is 22.0 Å². The molecule has 5 aromatic rings. The molecule has 12 heteroatoms. The maximum atomic E-state index is 15.6. The first-order valence-corrected chi connectivity index (χ1v) is 16.4. The van der Waals surface area contributed by atoms with Gasteiger partial charge in [-0.1, -0.05) is 60.4 Å². The normalized spacial score (nSPS) is 20.6. The number of hydrogen-bond donors (Lipinski definition) is 0. The molecule has 0 N–H and O–H groups in total. The predicted molar refractivity (Wildman–Crippen MR) is 198 cm³/mol. The lowest BCUT2D eigenvalue weighted by molar-refractivity contribution is -0.138. The lowest BCUT2D eigenvalue weighted by Crippen LogP contribution is -2.48. The van der Waals surface area contributed by atoms with Crippen LogP contribution < -0.4 is 5.43 Å². The van der Waals surface area contributed by atoms with Crippen molar-refractivity contribution in [2.75, 3.05) is 33.3 Å². The minimum atomic E-state index is -5.25. The number of piperidine rings is 1. The monoisotopic (exact) mass is 770 g/mol. The SMILES string of the molecule is [2H]c1c([2H])c(F)c(F)c(C([2H])([2H])Sc2c([2H])c(=O)c3c([2H])c([2H])c([2H])c([2H])c3n2CC(=O)N(C2CCN(CC([2H])([2H])OC)CC2)C([2H])([2H])c2c([2H])c([2H])c(-c3c([2H])c([2H])c(C(F)(F)F)c(C)c3[2H])c([2H])c2[2H])c1[2H]. The Morgan fingerprint density at radius 2 is 1.70 bits per heavy atom. The number of aromatic nitrogens is 1. The van der Waals surface area contributed by atoms with Crippen LogP contribution in [0.2, 0.25) is 0 Å². The Morgan fingerprint density at radius 3 is 2.42 bits per heavy atom. The number of ether oxygens (including phenoxy) is 1. The number of rotatable bonds is 12. The standard InChI is InChI=1S/C41H40F5N3O3S/c1-27-22-30(14-15-34(27)41(44,45)46)29-12-10-28(11-13-29)24-48(32-16-18-47(19-17-32)20-21-52-2)38(51)25-49-36-9-4-3-7-33(36)37(50)23-39(49)53-26-31-6-5-8-35(42)40(31)43/h3-15,22-23,32H,16-21,24-26H2,1-2H3/i3D,4D,5D,6D,7D,8D,9D,10D,11D,12D,13D,14D,15D,21D2,22D,23D,24D2,26D2. The molecule has 53 heavy (non-hydrogen) atoms. The molecule has 6 nitrogen and oxygen atoms in total. The van der Waals surface area contributed by atoms with Crippen LogP contribution in [0, 0.1) is 18.6 Å². The molecule has 1 saturated heterocycles. The number of para-hydroxylation sites is 1. The number of carbonyl (C=O) groups is 1. The van der Waals surface area contributed by atoms with Gasteiger partial charge in [-0.05, 0) is 66.2 Å². The highest BCUT2D eigenvalue weighted by Gasteiger charge is 2.32. The molecule has 1 aliphatic rings. The second-order valence-electron chi connectivity index (χ2n) is 11.4. The molecule has 0 bridgehead atoms. The van der Waals surface area contributed by atoms with Gasteiger partial charge in [0, 0.05) is 64.7 Å². The number of carbonyl (C=O) groups excluding carboxylic acids is 1. The van der Waals surface area contributed by atoms with Crippen molar-refractivity contribution in [1.29, 1.82) is 0 Å². The van der Waals surface area contributed by atoms with E-state index in [4.69, 9.17) is 30.8 Å². The van der Waals surface area contributed by atoms with E-state index in [9.17, 15) is 25.1 Å². The molecular formula is C41H40F5N3O3S. The second kappa shape index (κ2) is 16.7. The Morgan fingerprint density at radius 1 is 0.981 bits per heavy atom. The number of likely N-dealkylation sites (tertiary alicyclic amines) is 1.